The largest absolute Gasteiger partial charge is 0.481 e. The minimum Gasteiger partial charge on any atom is -0.481 e. The zero-order valence-corrected chi connectivity index (χ0v) is 13.3. The molecule has 0 radical (unpaired) electrons. The highest BCUT2D eigenvalue weighted by Crippen LogP contribution is 2.27. The number of aliphatic carboxylic acids is 1. The fraction of sp³-hybridized carbons (Fsp3) is 0.429. The Morgan fingerprint density at radius 1 is 1.43 bits per heavy atom. The molecule has 0 bridgehead atoms. The number of hydrogen-bond donors (Lipinski definition) is 2. The minimum absolute atomic E-state index is 0.0886. The second-order valence-electron chi connectivity index (χ2n) is 5.34. The van der Waals surface area contributed by atoms with Gasteiger partial charge in [-0.1, -0.05) is 6.92 Å². The van der Waals surface area contributed by atoms with E-state index < -0.39 is 17.7 Å². The monoisotopic (exact) mass is 358 g/mol. The number of carbonyl (C=O) groups excluding carboxylic acids is 1. The number of halogens is 2. The molecule has 1 heterocycles. The van der Waals surface area contributed by atoms with E-state index in [4.69, 9.17) is 5.11 Å². The summed E-state index contributed by atoms with van der Waals surface area (Å²) in [5, 5.41) is 11.8. The smallest absolute Gasteiger partial charge is 0.321 e. The quantitative estimate of drug-likeness (QED) is 0.853. The van der Waals surface area contributed by atoms with E-state index in [0.29, 0.717) is 17.8 Å². The molecule has 1 aliphatic heterocycles. The molecule has 2 N–H and O–H groups in total. The molecule has 0 spiro atoms. The zero-order chi connectivity index (χ0) is 15.7. The summed E-state index contributed by atoms with van der Waals surface area (Å²) in [6.07, 6.45) is 0. The molecular formula is C14H16BrFN2O3. The molecule has 1 aliphatic rings. The number of amides is 2. The van der Waals surface area contributed by atoms with Crippen LogP contribution >= 0.6 is 15.9 Å². The van der Waals surface area contributed by atoms with Gasteiger partial charge in [-0.3, -0.25) is 4.79 Å². The van der Waals surface area contributed by atoms with Gasteiger partial charge < -0.3 is 15.3 Å². The Labute approximate surface area is 130 Å². The van der Waals surface area contributed by atoms with Gasteiger partial charge in [0.25, 0.3) is 0 Å². The molecular weight excluding hydrogens is 343 g/mol. The van der Waals surface area contributed by atoms with Crippen LogP contribution in [-0.2, 0) is 4.79 Å². The lowest BCUT2D eigenvalue weighted by Crippen LogP contribution is -2.34. The number of urea groups is 1. The number of rotatable bonds is 2. The maximum absolute atomic E-state index is 13.4. The summed E-state index contributed by atoms with van der Waals surface area (Å²) < 4.78 is 13.6. The van der Waals surface area contributed by atoms with Crippen LogP contribution in [0.2, 0.25) is 0 Å². The summed E-state index contributed by atoms with van der Waals surface area (Å²) in [5.41, 5.74) is 1.10. The van der Waals surface area contributed by atoms with Crippen molar-refractivity contribution in [3.05, 3.63) is 28.0 Å². The molecule has 0 saturated carbocycles. The normalized spacial score (nSPS) is 21.4. The number of aryl methyl sites for hydroxylation is 1. The maximum atomic E-state index is 13.4. The third-order valence-electron chi connectivity index (χ3n) is 3.73. The fourth-order valence-electron chi connectivity index (χ4n) is 2.43. The molecule has 1 aromatic carbocycles. The van der Waals surface area contributed by atoms with Gasteiger partial charge >= 0.3 is 12.0 Å². The topological polar surface area (TPSA) is 69.6 Å². The third-order valence-corrected chi connectivity index (χ3v) is 4.33. The molecule has 21 heavy (non-hydrogen) atoms. The average molecular weight is 359 g/mol. The first-order chi connectivity index (χ1) is 9.79. The van der Waals surface area contributed by atoms with Crippen LogP contribution in [0, 0.1) is 24.6 Å². The van der Waals surface area contributed by atoms with Crippen molar-refractivity contribution in [2.45, 2.75) is 13.8 Å². The summed E-state index contributed by atoms with van der Waals surface area (Å²) in [4.78, 5) is 24.7. The Hall–Kier alpha value is -1.63. The summed E-state index contributed by atoms with van der Waals surface area (Å²) in [7, 11) is 0. The first-order valence-electron chi connectivity index (χ1n) is 6.54. The van der Waals surface area contributed by atoms with E-state index in [-0.39, 0.29) is 23.0 Å². The van der Waals surface area contributed by atoms with Crippen LogP contribution < -0.4 is 5.32 Å². The maximum Gasteiger partial charge on any atom is 0.321 e. The van der Waals surface area contributed by atoms with Crippen LogP contribution in [0.15, 0.2) is 16.6 Å². The highest BCUT2D eigenvalue weighted by molar-refractivity contribution is 9.10. The second kappa shape index (κ2) is 6.01. The number of carbonyl (C=O) groups is 2. The molecule has 114 valence electrons. The van der Waals surface area contributed by atoms with Crippen molar-refractivity contribution >= 4 is 33.6 Å². The van der Waals surface area contributed by atoms with Gasteiger partial charge in [-0.2, -0.15) is 0 Å². The molecule has 2 rings (SSSR count). The number of nitrogens with zero attached hydrogens (tertiary/aromatic N) is 1. The van der Waals surface area contributed by atoms with Gasteiger partial charge in [0.1, 0.15) is 5.82 Å². The molecule has 2 unspecified atom stereocenters. The fourth-order valence-corrected chi connectivity index (χ4v) is 2.77. The van der Waals surface area contributed by atoms with Gasteiger partial charge in [0.15, 0.2) is 0 Å². The summed E-state index contributed by atoms with van der Waals surface area (Å²) >= 11 is 3.07. The van der Waals surface area contributed by atoms with Gasteiger partial charge in [0.05, 0.1) is 10.4 Å². The molecule has 2 amide bonds. The number of carboxylic acid groups (broad SMARTS) is 1. The lowest BCUT2D eigenvalue weighted by Gasteiger charge is -2.18. The molecule has 7 heteroatoms. The van der Waals surface area contributed by atoms with Crippen molar-refractivity contribution in [1.82, 2.24) is 4.90 Å². The molecule has 1 saturated heterocycles. The van der Waals surface area contributed by atoms with Crippen LogP contribution in [0.1, 0.15) is 12.5 Å². The van der Waals surface area contributed by atoms with E-state index in [1.807, 2.05) is 6.92 Å². The van der Waals surface area contributed by atoms with E-state index in [0.717, 1.165) is 0 Å². The van der Waals surface area contributed by atoms with Gasteiger partial charge in [-0.15, -0.1) is 0 Å². The van der Waals surface area contributed by atoms with E-state index in [2.05, 4.69) is 21.2 Å². The number of benzene rings is 1. The Kier molecular flexibility index (Phi) is 4.51. The predicted molar refractivity (Wildman–Crippen MR) is 79.7 cm³/mol. The van der Waals surface area contributed by atoms with Crippen molar-refractivity contribution in [1.29, 1.82) is 0 Å². The molecule has 1 fully saturated rings. The highest BCUT2D eigenvalue weighted by Gasteiger charge is 2.37. The van der Waals surface area contributed by atoms with Crippen LogP contribution in [0.4, 0.5) is 14.9 Å². The van der Waals surface area contributed by atoms with E-state index in [1.54, 1.807) is 6.92 Å². The molecule has 0 aliphatic carbocycles. The van der Waals surface area contributed by atoms with E-state index in [1.165, 1.54) is 17.0 Å². The Morgan fingerprint density at radius 2 is 2.10 bits per heavy atom. The number of hydrogen-bond acceptors (Lipinski definition) is 2. The predicted octanol–water partition coefficient (Wildman–Crippen LogP) is 3.08. The Balaban J connectivity index is 2.09. The average Bonchev–Trinajstić information content (AvgIpc) is 2.78. The standard InChI is InChI=1S/C14H16BrFN2O3/c1-7-3-11(16)10(15)4-12(7)17-14(21)18-5-8(2)9(6-18)13(19)20/h3-4,8-9H,5-6H2,1-2H3,(H,17,21)(H,19,20). The van der Waals surface area contributed by atoms with Gasteiger partial charge in [0.2, 0.25) is 0 Å². The van der Waals surface area contributed by atoms with E-state index >= 15 is 0 Å². The number of nitrogens with one attached hydrogen (secondary N) is 1. The van der Waals surface area contributed by atoms with Crippen molar-refractivity contribution in [2.75, 3.05) is 18.4 Å². The van der Waals surface area contributed by atoms with Crippen LogP contribution in [0.5, 0.6) is 0 Å². The second-order valence-corrected chi connectivity index (χ2v) is 6.19. The van der Waals surface area contributed by atoms with E-state index in [9.17, 15) is 14.0 Å². The van der Waals surface area contributed by atoms with Crippen molar-refractivity contribution < 1.29 is 19.1 Å². The van der Waals surface area contributed by atoms with Crippen molar-refractivity contribution in [2.24, 2.45) is 11.8 Å². The molecule has 5 nitrogen and oxygen atoms in total. The Bertz CT molecular complexity index is 594. The van der Waals surface area contributed by atoms with Gasteiger partial charge in [0, 0.05) is 18.8 Å². The Morgan fingerprint density at radius 3 is 2.67 bits per heavy atom. The number of carboxylic acids is 1. The van der Waals surface area contributed by atoms with Gasteiger partial charge in [-0.25, -0.2) is 9.18 Å². The lowest BCUT2D eigenvalue weighted by atomic mass is 9.99. The zero-order valence-electron chi connectivity index (χ0n) is 11.7. The van der Waals surface area contributed by atoms with Crippen LogP contribution in [0.25, 0.3) is 0 Å². The number of likely N-dealkylation sites (tertiary alicyclic amines) is 1. The lowest BCUT2D eigenvalue weighted by molar-refractivity contribution is -0.142. The SMILES string of the molecule is Cc1cc(F)c(Br)cc1NC(=O)N1CC(C)C(C(=O)O)C1. The van der Waals surface area contributed by atoms with Crippen molar-refractivity contribution in [3.63, 3.8) is 0 Å². The van der Waals surface area contributed by atoms with Gasteiger partial charge in [-0.05, 0) is 46.5 Å². The highest BCUT2D eigenvalue weighted by atomic mass is 79.9. The van der Waals surface area contributed by atoms with Crippen molar-refractivity contribution in [3.8, 4) is 0 Å². The molecule has 1 aromatic rings. The first kappa shape index (κ1) is 15.8. The summed E-state index contributed by atoms with van der Waals surface area (Å²) in [6.45, 7) is 4.08. The summed E-state index contributed by atoms with van der Waals surface area (Å²) in [6, 6.07) is 2.45. The number of anilines is 1. The van der Waals surface area contributed by atoms with Crippen LogP contribution in [-0.4, -0.2) is 35.1 Å². The minimum atomic E-state index is -0.890. The summed E-state index contributed by atoms with van der Waals surface area (Å²) in [5.74, 6) is -1.92. The van der Waals surface area contributed by atoms with Crippen LogP contribution in [0.3, 0.4) is 0 Å². The third kappa shape index (κ3) is 3.34. The first-order valence-corrected chi connectivity index (χ1v) is 7.33. The molecule has 0 aromatic heterocycles. The molecule has 2 atom stereocenters.